The average molecular weight is 667 g/mol. The third kappa shape index (κ3) is 9.78. The second-order valence-corrected chi connectivity index (χ2v) is 14.9. The molecule has 0 spiro atoms. The Labute approximate surface area is 276 Å². The topological polar surface area (TPSA) is 13.1 Å². The summed E-state index contributed by atoms with van der Waals surface area (Å²) in [6, 6.07) is 18.9. The van der Waals surface area contributed by atoms with Crippen LogP contribution in [0.2, 0.25) is 0 Å². The van der Waals surface area contributed by atoms with Crippen LogP contribution < -0.4 is 24.8 Å². The molecule has 1 aromatic heterocycles. The molecule has 1 atom stereocenters. The maximum atomic E-state index is 5.23. The molecule has 3 aromatic rings. The van der Waals surface area contributed by atoms with Gasteiger partial charge in [-0.1, -0.05) is 89.1 Å². The zero-order valence-corrected chi connectivity index (χ0v) is 29.7. The molecule has 1 saturated carbocycles. The van der Waals surface area contributed by atoms with Crippen molar-refractivity contribution >= 4 is 8.78 Å². The first-order valence-corrected chi connectivity index (χ1v) is 15.7. The molecule has 1 heterocycles. The number of rotatable bonds is 1. The average Bonchev–Trinajstić information content (AvgIpc) is 3.63. The predicted octanol–water partition coefficient (Wildman–Crippen LogP) is 4.00. The summed E-state index contributed by atoms with van der Waals surface area (Å²) in [5.41, 5.74) is 9.90. The van der Waals surface area contributed by atoms with E-state index in [4.69, 9.17) is 4.42 Å². The van der Waals surface area contributed by atoms with E-state index in [1.165, 1.54) is 65.5 Å². The van der Waals surface area contributed by atoms with E-state index in [9.17, 15) is 0 Å². The molecule has 0 N–H and O–H groups in total. The Hall–Kier alpha value is -1.47. The van der Waals surface area contributed by atoms with Crippen molar-refractivity contribution in [3.8, 4) is 11.1 Å². The van der Waals surface area contributed by atoms with Crippen LogP contribution in [0.15, 0.2) is 65.3 Å². The Morgan fingerprint density at radius 1 is 0.854 bits per heavy atom. The van der Waals surface area contributed by atoms with Gasteiger partial charge in [-0.3, -0.25) is 6.08 Å². The normalized spacial score (nSPS) is 17.0. The van der Waals surface area contributed by atoms with E-state index < -0.39 is 0 Å². The van der Waals surface area contributed by atoms with Gasteiger partial charge in [0.2, 0.25) is 0 Å². The molecule has 41 heavy (non-hydrogen) atoms. The molecule has 218 valence electrons. The summed E-state index contributed by atoms with van der Waals surface area (Å²) in [5.74, 6) is 1.36. The van der Waals surface area contributed by atoms with Crippen LogP contribution in [0, 0.1) is 18.1 Å². The summed E-state index contributed by atoms with van der Waals surface area (Å²) in [6.07, 6.45) is 17.3. The van der Waals surface area contributed by atoms with Gasteiger partial charge in [0, 0.05) is 0 Å². The fraction of sp³-hybridized carbons (Fsp3) is 0.432. The molecule has 3 aliphatic carbocycles. The molecule has 0 saturated heterocycles. The third-order valence-electron chi connectivity index (χ3n) is 7.72. The molecule has 1 fully saturated rings. The van der Waals surface area contributed by atoms with Gasteiger partial charge in [0.05, 0.1) is 12.0 Å². The van der Waals surface area contributed by atoms with Crippen molar-refractivity contribution in [1.82, 2.24) is 0 Å². The SMILES string of the molecule is CC(C)(C)c1c[c-]c2c(c1)-c1cc(C(C)(C)C)ccc1C2.CC1[C-]=CC(c2ccco2)=C1.[Cl-].[Cl-].[Zr+2]=[C]1CCCCC1. The van der Waals surface area contributed by atoms with Crippen LogP contribution in [0.4, 0.5) is 0 Å². The first-order chi connectivity index (χ1) is 18.4. The summed E-state index contributed by atoms with van der Waals surface area (Å²) in [5, 5.41) is 0. The monoisotopic (exact) mass is 664 g/mol. The van der Waals surface area contributed by atoms with Crippen LogP contribution in [0.5, 0.6) is 0 Å². The second-order valence-electron chi connectivity index (χ2n) is 13.2. The Balaban J connectivity index is 0.000000246. The number of allylic oxidation sites excluding steroid dienone is 4. The Bertz CT molecular complexity index is 1280. The summed E-state index contributed by atoms with van der Waals surface area (Å²) >= 11 is 1.69. The standard InChI is InChI=1S/C21H25.C10H9O.C6H10.2ClH.Zr/c1-20(2,3)16-9-7-14-11-15-8-10-17(21(4,5)6)13-19(15)18(14)12-16;1-8-4-5-9(7-8)10-3-2-6-11-10;1-2-4-6-5-3-1;;;/h7,9-10,12-13H,11H2,1-6H3;2-3,5-8H,1H3;1-5H2;2*1H;/q2*-1;;;;+2/p-2. The van der Waals surface area contributed by atoms with E-state index in [2.05, 4.69) is 97.0 Å². The van der Waals surface area contributed by atoms with Crippen LogP contribution >= 0.6 is 0 Å². The van der Waals surface area contributed by atoms with Gasteiger partial charge in [0.25, 0.3) is 0 Å². The minimum absolute atomic E-state index is 0. The van der Waals surface area contributed by atoms with Crippen molar-refractivity contribution in [3.63, 3.8) is 0 Å². The second kappa shape index (κ2) is 15.3. The Morgan fingerprint density at radius 2 is 1.51 bits per heavy atom. The molecule has 1 nitrogen and oxygen atoms in total. The molecule has 0 bridgehead atoms. The zero-order chi connectivity index (χ0) is 28.2. The van der Waals surface area contributed by atoms with Gasteiger partial charge in [-0.2, -0.15) is 35.4 Å². The van der Waals surface area contributed by atoms with E-state index in [0.717, 1.165) is 17.8 Å². The molecule has 6 rings (SSSR count). The maximum absolute atomic E-state index is 5.23. The van der Waals surface area contributed by atoms with Crippen LogP contribution in [0.25, 0.3) is 16.7 Å². The van der Waals surface area contributed by atoms with Crippen LogP contribution in [-0.4, -0.2) is 3.21 Å². The molecule has 2 aromatic carbocycles. The van der Waals surface area contributed by atoms with Crippen LogP contribution in [0.3, 0.4) is 0 Å². The molecule has 0 amide bonds. The van der Waals surface area contributed by atoms with E-state index in [1.54, 1.807) is 33.7 Å². The number of hydrogen-bond acceptors (Lipinski definition) is 1. The van der Waals surface area contributed by atoms with E-state index >= 15 is 0 Å². The van der Waals surface area contributed by atoms with E-state index in [-0.39, 0.29) is 35.6 Å². The van der Waals surface area contributed by atoms with Crippen molar-refractivity contribution < 1.29 is 53.5 Å². The molecule has 0 radical (unpaired) electrons. The summed E-state index contributed by atoms with van der Waals surface area (Å²) in [7, 11) is 0. The van der Waals surface area contributed by atoms with E-state index in [0.29, 0.717) is 5.92 Å². The molecular formula is C37H44Cl2OZr-2. The first kappa shape index (κ1) is 35.7. The number of furan rings is 1. The van der Waals surface area contributed by atoms with Crippen molar-refractivity contribution in [2.45, 2.75) is 97.8 Å². The predicted molar refractivity (Wildman–Crippen MR) is 163 cm³/mol. The molecule has 1 unspecified atom stereocenters. The van der Waals surface area contributed by atoms with Gasteiger partial charge in [0.1, 0.15) is 0 Å². The van der Waals surface area contributed by atoms with Crippen molar-refractivity contribution in [1.29, 1.82) is 0 Å². The van der Waals surface area contributed by atoms with Gasteiger partial charge >= 0.3 is 59.5 Å². The van der Waals surface area contributed by atoms with E-state index in [1.807, 2.05) is 18.2 Å². The molecular weight excluding hydrogens is 623 g/mol. The van der Waals surface area contributed by atoms with Gasteiger partial charge in [-0.05, 0) is 29.5 Å². The van der Waals surface area contributed by atoms with Crippen molar-refractivity contribution in [2.75, 3.05) is 0 Å². The van der Waals surface area contributed by atoms with Gasteiger partial charge in [-0.15, -0.1) is 11.1 Å². The Kier molecular flexibility index (Phi) is 13.3. The Morgan fingerprint density at radius 3 is 2.02 bits per heavy atom. The van der Waals surface area contributed by atoms with Crippen molar-refractivity contribution in [3.05, 3.63) is 101 Å². The quantitative estimate of drug-likeness (QED) is 0.280. The number of fused-ring (bicyclic) bond motifs is 3. The minimum atomic E-state index is 0. The fourth-order valence-electron chi connectivity index (χ4n) is 5.15. The van der Waals surface area contributed by atoms with Crippen LogP contribution in [0.1, 0.15) is 109 Å². The molecule has 4 heteroatoms. The molecule has 0 aliphatic heterocycles. The molecule has 3 aliphatic rings. The summed E-state index contributed by atoms with van der Waals surface area (Å²) in [6.45, 7) is 15.7. The van der Waals surface area contributed by atoms with Crippen molar-refractivity contribution in [2.24, 2.45) is 5.92 Å². The third-order valence-corrected chi connectivity index (χ3v) is 8.95. The number of hydrogen-bond donors (Lipinski definition) is 0. The summed E-state index contributed by atoms with van der Waals surface area (Å²) in [4.78, 5) is 0. The van der Waals surface area contributed by atoms with Crippen LogP contribution in [-0.2, 0) is 41.5 Å². The number of halogens is 2. The zero-order valence-electron chi connectivity index (χ0n) is 25.8. The number of benzene rings is 2. The summed E-state index contributed by atoms with van der Waals surface area (Å²) < 4.78 is 7.03. The van der Waals surface area contributed by atoms with Gasteiger partial charge in [-0.25, -0.2) is 6.08 Å². The van der Waals surface area contributed by atoms with Gasteiger partial charge in [0.15, 0.2) is 0 Å². The first-order valence-electron chi connectivity index (χ1n) is 14.5. The van der Waals surface area contributed by atoms with Gasteiger partial charge < -0.3 is 29.2 Å². The fourth-order valence-corrected chi connectivity index (χ4v) is 6.02.